The van der Waals surface area contributed by atoms with E-state index in [1.807, 2.05) is 37.3 Å². The molecule has 1 N–H and O–H groups in total. The number of hydrogen-bond donors (Lipinski definition) is 1. The van der Waals surface area contributed by atoms with E-state index in [-0.39, 0.29) is 24.3 Å². The fraction of sp³-hybridized carbons (Fsp3) is 0.273. The number of rotatable bonds is 8. The first-order valence-electron chi connectivity index (χ1n) is 10.2. The lowest BCUT2D eigenvalue weighted by atomic mass is 9.95. The van der Waals surface area contributed by atoms with E-state index >= 15 is 0 Å². The van der Waals surface area contributed by atoms with Gasteiger partial charge >= 0.3 is 12.0 Å². The summed E-state index contributed by atoms with van der Waals surface area (Å²) in [5, 5.41) is 11.3. The second-order valence-corrected chi connectivity index (χ2v) is 7.68. The number of carbonyl (C=O) groups excluding carboxylic acids is 2. The van der Waals surface area contributed by atoms with Crippen molar-refractivity contribution in [3.63, 3.8) is 0 Å². The largest absolute Gasteiger partial charge is 0.463 e. The molecule has 1 atom stereocenters. The normalized spacial score (nSPS) is 16.2. The van der Waals surface area contributed by atoms with Gasteiger partial charge < -0.3 is 18.9 Å². The van der Waals surface area contributed by atoms with E-state index in [0.717, 1.165) is 5.56 Å². The maximum atomic E-state index is 13.0. The van der Waals surface area contributed by atoms with Crippen molar-refractivity contribution >= 4 is 23.8 Å². The number of furan rings is 1. The zero-order chi connectivity index (χ0) is 22.5. The molecule has 32 heavy (non-hydrogen) atoms. The van der Waals surface area contributed by atoms with Crippen LogP contribution in [0.2, 0.25) is 0 Å². The Morgan fingerprint density at radius 2 is 2.00 bits per heavy atom. The van der Waals surface area contributed by atoms with Crippen molar-refractivity contribution in [2.45, 2.75) is 25.1 Å². The van der Waals surface area contributed by atoms with Crippen molar-refractivity contribution in [1.82, 2.24) is 20.4 Å². The zero-order valence-electron chi connectivity index (χ0n) is 17.6. The third-order valence-electron chi connectivity index (χ3n) is 4.85. The first-order valence-corrected chi connectivity index (χ1v) is 11.1. The van der Waals surface area contributed by atoms with Gasteiger partial charge in [0.05, 0.1) is 24.5 Å². The monoisotopic (exact) mass is 454 g/mol. The summed E-state index contributed by atoms with van der Waals surface area (Å²) >= 11 is 1.23. The van der Waals surface area contributed by atoms with Crippen LogP contribution in [0.25, 0.3) is 11.7 Å². The van der Waals surface area contributed by atoms with Gasteiger partial charge in [0.2, 0.25) is 0 Å². The van der Waals surface area contributed by atoms with E-state index in [1.54, 1.807) is 19.1 Å². The molecule has 3 aromatic rings. The molecule has 0 saturated carbocycles. The molecule has 9 nitrogen and oxygen atoms in total. The second kappa shape index (κ2) is 9.73. The van der Waals surface area contributed by atoms with Crippen LogP contribution in [-0.4, -0.2) is 46.0 Å². The van der Waals surface area contributed by atoms with E-state index in [2.05, 4.69) is 15.5 Å². The molecule has 4 rings (SSSR count). The fourth-order valence-corrected chi connectivity index (χ4v) is 4.24. The van der Waals surface area contributed by atoms with Gasteiger partial charge in [-0.2, -0.15) is 0 Å². The predicted octanol–water partition coefficient (Wildman–Crippen LogP) is 4.03. The smallest absolute Gasteiger partial charge is 0.338 e. The summed E-state index contributed by atoms with van der Waals surface area (Å²) in [7, 11) is 0. The van der Waals surface area contributed by atoms with Gasteiger partial charge in [-0.3, -0.25) is 4.90 Å². The number of nitrogens with zero attached hydrogens (tertiary/aromatic N) is 3. The molecular formula is C22H22N4O5S. The summed E-state index contributed by atoms with van der Waals surface area (Å²) in [6.45, 7) is 4.20. The first kappa shape index (κ1) is 21.7. The number of esters is 1. The number of nitrogens with one attached hydrogen (secondary N) is 1. The molecule has 0 fully saturated rings. The van der Waals surface area contributed by atoms with Crippen molar-refractivity contribution in [2.75, 3.05) is 18.9 Å². The van der Waals surface area contributed by atoms with Gasteiger partial charge in [-0.15, -0.1) is 10.2 Å². The van der Waals surface area contributed by atoms with Gasteiger partial charge in [-0.1, -0.05) is 42.1 Å². The van der Waals surface area contributed by atoms with E-state index in [0.29, 0.717) is 28.8 Å². The predicted molar refractivity (Wildman–Crippen MR) is 116 cm³/mol. The molecule has 0 bridgehead atoms. The highest BCUT2D eigenvalue weighted by Gasteiger charge is 2.37. The highest BCUT2D eigenvalue weighted by molar-refractivity contribution is 7.99. The van der Waals surface area contributed by atoms with Crippen LogP contribution < -0.4 is 5.32 Å². The Morgan fingerprint density at radius 1 is 1.19 bits per heavy atom. The van der Waals surface area contributed by atoms with Crippen LogP contribution in [0.3, 0.4) is 0 Å². The third kappa shape index (κ3) is 4.40. The van der Waals surface area contributed by atoms with E-state index in [1.165, 1.54) is 22.9 Å². The maximum Gasteiger partial charge on any atom is 0.338 e. The van der Waals surface area contributed by atoms with Crippen LogP contribution in [-0.2, 0) is 9.53 Å². The summed E-state index contributed by atoms with van der Waals surface area (Å²) in [6, 6.07) is 11.9. The number of urea groups is 1. The third-order valence-corrected chi connectivity index (χ3v) is 5.68. The van der Waals surface area contributed by atoms with Crippen LogP contribution in [0.4, 0.5) is 4.79 Å². The Kier molecular flexibility index (Phi) is 6.60. The lowest BCUT2D eigenvalue weighted by molar-refractivity contribution is -0.139. The SMILES string of the molecule is CCOC(=O)C1=C(CSc2nnc(-c3ccco3)o2)N(CC)C(=O)N[C@@H]1c1ccccc1. The Bertz CT molecular complexity index is 1110. The summed E-state index contributed by atoms with van der Waals surface area (Å²) in [6.07, 6.45) is 1.52. The van der Waals surface area contributed by atoms with E-state index in [4.69, 9.17) is 13.6 Å². The molecular weight excluding hydrogens is 432 g/mol. The Morgan fingerprint density at radius 3 is 2.69 bits per heavy atom. The van der Waals surface area contributed by atoms with Crippen LogP contribution in [0.5, 0.6) is 0 Å². The van der Waals surface area contributed by atoms with Gasteiger partial charge in [-0.05, 0) is 31.5 Å². The summed E-state index contributed by atoms with van der Waals surface area (Å²) in [5.41, 5.74) is 1.73. The molecule has 3 heterocycles. The van der Waals surface area contributed by atoms with Crippen molar-refractivity contribution in [2.24, 2.45) is 0 Å². The number of carbonyl (C=O) groups is 2. The summed E-state index contributed by atoms with van der Waals surface area (Å²) in [5.74, 6) is 0.510. The number of hydrogen-bond acceptors (Lipinski definition) is 8. The van der Waals surface area contributed by atoms with E-state index in [9.17, 15) is 9.59 Å². The number of amides is 2. The van der Waals surface area contributed by atoms with Crippen molar-refractivity contribution in [1.29, 1.82) is 0 Å². The minimum Gasteiger partial charge on any atom is -0.463 e. The topological polar surface area (TPSA) is 111 Å². The molecule has 10 heteroatoms. The number of thioether (sulfide) groups is 1. The maximum absolute atomic E-state index is 13.0. The zero-order valence-corrected chi connectivity index (χ0v) is 18.4. The number of ether oxygens (including phenoxy) is 1. The standard InChI is InChI=1S/C22H22N4O5S/c1-3-26-15(13-32-22-25-24-19(31-22)16-11-8-12-30-16)17(20(27)29-4-2)18(23-21(26)28)14-9-6-5-7-10-14/h5-12,18H,3-4,13H2,1-2H3,(H,23,28)/t18-/m1/s1. The van der Waals surface area contributed by atoms with Crippen LogP contribution >= 0.6 is 11.8 Å². The molecule has 0 unspecified atom stereocenters. The lowest BCUT2D eigenvalue weighted by Gasteiger charge is -2.36. The molecule has 0 saturated heterocycles. The minimum atomic E-state index is -0.623. The molecule has 166 valence electrons. The Hall–Kier alpha value is -3.53. The van der Waals surface area contributed by atoms with Gasteiger partial charge in [0, 0.05) is 18.0 Å². The highest BCUT2D eigenvalue weighted by atomic mass is 32.2. The van der Waals surface area contributed by atoms with Gasteiger partial charge in [0.1, 0.15) is 0 Å². The van der Waals surface area contributed by atoms with Crippen molar-refractivity contribution in [3.8, 4) is 11.7 Å². The second-order valence-electron chi connectivity index (χ2n) is 6.76. The molecule has 0 radical (unpaired) electrons. The first-order chi connectivity index (χ1) is 15.6. The highest BCUT2D eigenvalue weighted by Crippen LogP contribution is 2.34. The van der Waals surface area contributed by atoms with Crippen molar-refractivity contribution in [3.05, 3.63) is 65.6 Å². The Labute approximate surface area is 188 Å². The van der Waals surface area contributed by atoms with Crippen molar-refractivity contribution < 1.29 is 23.2 Å². The molecule has 2 amide bonds. The van der Waals surface area contributed by atoms with Crippen LogP contribution in [0.1, 0.15) is 25.5 Å². The molecule has 0 spiro atoms. The minimum absolute atomic E-state index is 0.223. The van der Waals surface area contributed by atoms with Gasteiger partial charge in [0.15, 0.2) is 5.76 Å². The van der Waals surface area contributed by atoms with Crippen LogP contribution in [0, 0.1) is 0 Å². The summed E-state index contributed by atoms with van der Waals surface area (Å²) in [4.78, 5) is 27.4. The quantitative estimate of drug-likeness (QED) is 0.401. The molecule has 1 aliphatic heterocycles. The molecule has 1 aliphatic rings. The van der Waals surface area contributed by atoms with Crippen LogP contribution in [0.15, 0.2) is 74.1 Å². The lowest BCUT2D eigenvalue weighted by Crippen LogP contribution is -2.49. The van der Waals surface area contributed by atoms with Gasteiger partial charge in [-0.25, -0.2) is 9.59 Å². The number of benzene rings is 1. The summed E-state index contributed by atoms with van der Waals surface area (Å²) < 4.78 is 16.3. The number of aromatic nitrogens is 2. The average Bonchev–Trinajstić information content (AvgIpc) is 3.50. The molecule has 0 aliphatic carbocycles. The Balaban J connectivity index is 1.69. The molecule has 1 aromatic carbocycles. The fourth-order valence-electron chi connectivity index (χ4n) is 3.44. The van der Waals surface area contributed by atoms with Gasteiger partial charge in [0.25, 0.3) is 11.1 Å². The van der Waals surface area contributed by atoms with E-state index < -0.39 is 12.0 Å². The molecule has 2 aromatic heterocycles. The average molecular weight is 455 g/mol.